The van der Waals surface area contributed by atoms with E-state index in [0.29, 0.717) is 9.21 Å². The van der Waals surface area contributed by atoms with Crippen LogP contribution in [-0.4, -0.2) is 23.5 Å². The number of carbonyl (C=O) groups is 2. The normalized spacial score (nSPS) is 34.8. The van der Waals surface area contributed by atoms with Crippen molar-refractivity contribution in [2.75, 3.05) is 0 Å². The minimum Gasteiger partial charge on any atom is -0.448 e. The summed E-state index contributed by atoms with van der Waals surface area (Å²) in [6, 6.07) is 3.28. The molecule has 0 unspecified atom stereocenters. The zero-order chi connectivity index (χ0) is 16.9. The Morgan fingerprint density at radius 1 is 1.21 bits per heavy atom. The number of carbonyl (C=O) groups excluding carboxylic acids is 2. The molecule has 0 aromatic carbocycles. The molecule has 1 heterocycles. The number of hydrogen-bond acceptors (Lipinski definition) is 4. The van der Waals surface area contributed by atoms with Crippen LogP contribution in [0.1, 0.15) is 55.1 Å². The van der Waals surface area contributed by atoms with Gasteiger partial charge in [-0.3, -0.25) is 4.79 Å². The van der Waals surface area contributed by atoms with Crippen LogP contribution in [0.2, 0.25) is 4.34 Å². The fraction of sp³-hybridized carbons (Fsp3) is 0.667. The van der Waals surface area contributed by atoms with Gasteiger partial charge in [0, 0.05) is 5.54 Å². The summed E-state index contributed by atoms with van der Waals surface area (Å²) in [6.45, 7) is 1.64. The van der Waals surface area contributed by atoms with Gasteiger partial charge in [0.05, 0.1) is 4.34 Å². The van der Waals surface area contributed by atoms with Crippen LogP contribution in [0.25, 0.3) is 0 Å². The van der Waals surface area contributed by atoms with Crippen LogP contribution in [0.15, 0.2) is 12.1 Å². The first-order valence-electron chi connectivity index (χ1n) is 8.71. The van der Waals surface area contributed by atoms with E-state index in [0.717, 1.165) is 48.4 Å². The van der Waals surface area contributed by atoms with Crippen molar-refractivity contribution in [3.05, 3.63) is 21.3 Å². The maximum absolute atomic E-state index is 12.6. The Labute approximate surface area is 150 Å². The van der Waals surface area contributed by atoms with Gasteiger partial charge < -0.3 is 10.1 Å². The molecule has 0 aliphatic heterocycles. The van der Waals surface area contributed by atoms with Crippen molar-refractivity contribution in [1.82, 2.24) is 5.32 Å². The van der Waals surface area contributed by atoms with Gasteiger partial charge in [-0.25, -0.2) is 4.79 Å². The van der Waals surface area contributed by atoms with E-state index < -0.39 is 12.1 Å². The maximum atomic E-state index is 12.6. The van der Waals surface area contributed by atoms with Gasteiger partial charge in [-0.2, -0.15) is 0 Å². The van der Waals surface area contributed by atoms with E-state index in [-0.39, 0.29) is 11.4 Å². The molecule has 1 aromatic heterocycles. The molecule has 4 bridgehead atoms. The highest BCUT2D eigenvalue weighted by Crippen LogP contribution is 2.55. The number of ether oxygens (including phenoxy) is 1. The zero-order valence-electron chi connectivity index (χ0n) is 13.7. The number of halogens is 1. The molecule has 1 atom stereocenters. The van der Waals surface area contributed by atoms with Gasteiger partial charge >= 0.3 is 5.97 Å². The Bertz CT molecular complexity index is 636. The highest BCUT2D eigenvalue weighted by Gasteiger charge is 2.51. The van der Waals surface area contributed by atoms with Gasteiger partial charge in [0.1, 0.15) is 4.88 Å². The highest BCUT2D eigenvalue weighted by molar-refractivity contribution is 7.17. The van der Waals surface area contributed by atoms with Crippen LogP contribution >= 0.6 is 22.9 Å². The van der Waals surface area contributed by atoms with Crippen molar-refractivity contribution < 1.29 is 14.3 Å². The van der Waals surface area contributed by atoms with Crippen molar-refractivity contribution >= 4 is 34.8 Å². The second-order valence-corrected chi connectivity index (χ2v) is 9.55. The maximum Gasteiger partial charge on any atom is 0.349 e. The molecule has 4 aliphatic carbocycles. The minimum atomic E-state index is -0.786. The zero-order valence-corrected chi connectivity index (χ0v) is 15.3. The molecule has 1 N–H and O–H groups in total. The molecular weight excluding hydrogens is 346 g/mol. The van der Waals surface area contributed by atoms with Crippen molar-refractivity contribution in [2.24, 2.45) is 17.8 Å². The summed E-state index contributed by atoms with van der Waals surface area (Å²) in [5.74, 6) is 1.64. The lowest BCUT2D eigenvalue weighted by atomic mass is 9.53. The first kappa shape index (κ1) is 16.4. The standard InChI is InChI=1S/C18H22ClNO3S/c1-10(23-17(22)14-2-3-15(19)24-14)16(21)20-18-7-11-4-12(8-18)6-13(5-11)9-18/h2-3,10-13H,4-9H2,1H3,(H,20,21)/t10-,11?,12?,13?,18?/m0/s1. The molecule has 1 amide bonds. The summed E-state index contributed by atoms with van der Waals surface area (Å²) < 4.78 is 5.86. The number of esters is 1. The lowest BCUT2D eigenvalue weighted by Crippen LogP contribution is -2.61. The quantitative estimate of drug-likeness (QED) is 0.817. The summed E-state index contributed by atoms with van der Waals surface area (Å²) in [6.07, 6.45) is 6.48. The lowest BCUT2D eigenvalue weighted by molar-refractivity contribution is -0.134. The molecule has 6 heteroatoms. The first-order valence-corrected chi connectivity index (χ1v) is 9.90. The third kappa shape index (κ3) is 3.08. The third-order valence-corrected chi connectivity index (χ3v) is 7.07. The fourth-order valence-electron chi connectivity index (χ4n) is 5.32. The third-order valence-electron chi connectivity index (χ3n) is 5.85. The minimum absolute atomic E-state index is 0.0568. The summed E-state index contributed by atoms with van der Waals surface area (Å²) >= 11 is 7.00. The van der Waals surface area contributed by atoms with Crippen LogP contribution in [0, 0.1) is 17.8 Å². The smallest absolute Gasteiger partial charge is 0.349 e. The second kappa shape index (κ2) is 6.03. The van der Waals surface area contributed by atoms with E-state index in [1.807, 2.05) is 0 Å². The number of rotatable bonds is 4. The molecule has 4 nitrogen and oxygen atoms in total. The van der Waals surface area contributed by atoms with Crippen LogP contribution in [-0.2, 0) is 9.53 Å². The molecule has 24 heavy (non-hydrogen) atoms. The predicted octanol–water partition coefficient (Wildman–Crippen LogP) is 4.03. The monoisotopic (exact) mass is 367 g/mol. The molecule has 5 rings (SSSR count). The largest absolute Gasteiger partial charge is 0.448 e. The Hall–Kier alpha value is -1.07. The van der Waals surface area contributed by atoms with Crippen LogP contribution in [0.4, 0.5) is 0 Å². The molecule has 4 saturated carbocycles. The number of amides is 1. The molecule has 4 aliphatic rings. The lowest BCUT2D eigenvalue weighted by Gasteiger charge is -2.57. The Balaban J connectivity index is 1.38. The first-order chi connectivity index (χ1) is 11.4. The van der Waals surface area contributed by atoms with Gasteiger partial charge in [0.25, 0.3) is 5.91 Å². The highest BCUT2D eigenvalue weighted by atomic mass is 35.5. The Morgan fingerprint density at radius 2 is 1.79 bits per heavy atom. The van der Waals surface area contributed by atoms with Crippen LogP contribution in [0.5, 0.6) is 0 Å². The van der Waals surface area contributed by atoms with Gasteiger partial charge in [-0.1, -0.05) is 11.6 Å². The topological polar surface area (TPSA) is 55.4 Å². The summed E-state index contributed by atoms with van der Waals surface area (Å²) in [5, 5.41) is 3.25. The van der Waals surface area contributed by atoms with Crippen molar-refractivity contribution in [1.29, 1.82) is 0 Å². The van der Waals surface area contributed by atoms with E-state index in [9.17, 15) is 9.59 Å². The van der Waals surface area contributed by atoms with Crippen molar-refractivity contribution in [3.8, 4) is 0 Å². The average Bonchev–Trinajstić information content (AvgIpc) is 2.92. The summed E-state index contributed by atoms with van der Waals surface area (Å²) in [4.78, 5) is 25.1. The SMILES string of the molecule is C[C@H](OC(=O)c1ccc(Cl)s1)C(=O)NC12CC3CC(CC(C3)C1)C2. The molecule has 4 fully saturated rings. The number of nitrogens with one attached hydrogen (secondary N) is 1. The molecular formula is C18H22ClNO3S. The molecule has 0 saturated heterocycles. The van der Waals surface area contributed by atoms with Crippen molar-refractivity contribution in [2.45, 2.75) is 57.1 Å². The van der Waals surface area contributed by atoms with Crippen LogP contribution in [0.3, 0.4) is 0 Å². The number of hydrogen-bond donors (Lipinski definition) is 1. The van der Waals surface area contributed by atoms with E-state index in [1.165, 1.54) is 19.3 Å². The van der Waals surface area contributed by atoms with E-state index in [4.69, 9.17) is 16.3 Å². The molecule has 0 radical (unpaired) electrons. The van der Waals surface area contributed by atoms with Crippen LogP contribution < -0.4 is 5.32 Å². The average molecular weight is 368 g/mol. The Kier molecular flexibility index (Phi) is 4.12. The predicted molar refractivity (Wildman–Crippen MR) is 93.3 cm³/mol. The van der Waals surface area contributed by atoms with E-state index >= 15 is 0 Å². The molecule has 0 spiro atoms. The van der Waals surface area contributed by atoms with E-state index in [2.05, 4.69) is 5.32 Å². The van der Waals surface area contributed by atoms with Gasteiger partial charge in [0.15, 0.2) is 6.10 Å². The van der Waals surface area contributed by atoms with Crippen molar-refractivity contribution in [3.63, 3.8) is 0 Å². The summed E-state index contributed by atoms with van der Waals surface area (Å²) in [5.41, 5.74) is -0.0568. The van der Waals surface area contributed by atoms with Gasteiger partial charge in [0.2, 0.25) is 0 Å². The second-order valence-electron chi connectivity index (χ2n) is 7.84. The van der Waals surface area contributed by atoms with E-state index in [1.54, 1.807) is 19.1 Å². The molecule has 1 aromatic rings. The Morgan fingerprint density at radius 3 is 2.29 bits per heavy atom. The number of thiophene rings is 1. The molecule has 130 valence electrons. The summed E-state index contributed by atoms with van der Waals surface area (Å²) in [7, 11) is 0. The van der Waals surface area contributed by atoms with Gasteiger partial charge in [-0.15, -0.1) is 11.3 Å². The fourth-order valence-corrected chi connectivity index (χ4v) is 6.25. The van der Waals surface area contributed by atoms with Gasteiger partial charge in [-0.05, 0) is 75.3 Å².